The molecule has 4 nitrogen and oxygen atoms in total. The number of thiophene rings is 1. The van der Waals surface area contributed by atoms with E-state index in [1.165, 1.54) is 11.3 Å². The lowest BCUT2D eigenvalue weighted by molar-refractivity contribution is -0.122. The maximum atomic E-state index is 11.8. The number of amides is 2. The van der Waals surface area contributed by atoms with Crippen molar-refractivity contribution in [2.45, 2.75) is 19.3 Å². The Kier molecular flexibility index (Phi) is 4.90. The van der Waals surface area contributed by atoms with Gasteiger partial charge >= 0.3 is 0 Å². The molecule has 1 aromatic carbocycles. The van der Waals surface area contributed by atoms with E-state index in [0.29, 0.717) is 11.3 Å². The summed E-state index contributed by atoms with van der Waals surface area (Å²) in [5.41, 5.74) is 5.96. The van der Waals surface area contributed by atoms with E-state index in [-0.39, 0.29) is 17.7 Å². The van der Waals surface area contributed by atoms with Crippen molar-refractivity contribution < 1.29 is 9.59 Å². The summed E-state index contributed by atoms with van der Waals surface area (Å²) >= 11 is 1.33. The molecule has 0 radical (unpaired) electrons. The number of benzene rings is 1. The number of nitrogens with one attached hydrogen (secondary N) is 2. The molecule has 2 rings (SSSR count). The lowest BCUT2D eigenvalue weighted by Crippen LogP contribution is -2.41. The SMILES string of the molecule is C[C@@H](CC(=O)NNC(=O)c1cccs1)c1ccccc1. The quantitative estimate of drug-likeness (QED) is 0.850. The molecule has 20 heavy (non-hydrogen) atoms. The van der Waals surface area contributed by atoms with Gasteiger partial charge in [0.05, 0.1) is 4.88 Å². The van der Waals surface area contributed by atoms with E-state index in [1.54, 1.807) is 12.1 Å². The first kappa shape index (κ1) is 14.3. The van der Waals surface area contributed by atoms with E-state index in [4.69, 9.17) is 0 Å². The average molecular weight is 288 g/mol. The second-order valence-electron chi connectivity index (χ2n) is 4.50. The lowest BCUT2D eigenvalue weighted by Gasteiger charge is -2.12. The molecule has 0 aliphatic rings. The van der Waals surface area contributed by atoms with Gasteiger partial charge in [-0.1, -0.05) is 43.3 Å². The van der Waals surface area contributed by atoms with E-state index in [2.05, 4.69) is 10.9 Å². The summed E-state index contributed by atoms with van der Waals surface area (Å²) in [6.07, 6.45) is 0.328. The first-order chi connectivity index (χ1) is 9.66. The van der Waals surface area contributed by atoms with Gasteiger partial charge in [0.1, 0.15) is 0 Å². The summed E-state index contributed by atoms with van der Waals surface area (Å²) in [5, 5.41) is 1.81. The number of carbonyl (C=O) groups excluding carboxylic acids is 2. The Morgan fingerprint density at radius 2 is 1.85 bits per heavy atom. The van der Waals surface area contributed by atoms with Gasteiger partial charge in [0.15, 0.2) is 0 Å². The summed E-state index contributed by atoms with van der Waals surface area (Å²) < 4.78 is 0. The van der Waals surface area contributed by atoms with Crippen LogP contribution in [0.25, 0.3) is 0 Å². The predicted molar refractivity (Wildman–Crippen MR) is 79.4 cm³/mol. The van der Waals surface area contributed by atoms with Crippen molar-refractivity contribution in [3.63, 3.8) is 0 Å². The number of hydrogen-bond donors (Lipinski definition) is 2. The zero-order valence-corrected chi connectivity index (χ0v) is 11.9. The number of rotatable bonds is 4. The second kappa shape index (κ2) is 6.86. The van der Waals surface area contributed by atoms with Crippen LogP contribution < -0.4 is 10.9 Å². The molecule has 0 bridgehead atoms. The number of carbonyl (C=O) groups is 2. The summed E-state index contributed by atoms with van der Waals surface area (Å²) in [7, 11) is 0. The number of hydrazine groups is 1. The third-order valence-corrected chi connectivity index (χ3v) is 3.79. The van der Waals surface area contributed by atoms with Crippen molar-refractivity contribution in [1.29, 1.82) is 0 Å². The van der Waals surface area contributed by atoms with Crippen molar-refractivity contribution in [3.8, 4) is 0 Å². The monoisotopic (exact) mass is 288 g/mol. The predicted octanol–water partition coefficient (Wildman–Crippen LogP) is 2.70. The highest BCUT2D eigenvalue weighted by atomic mass is 32.1. The molecule has 2 aromatic rings. The van der Waals surface area contributed by atoms with E-state index in [9.17, 15) is 9.59 Å². The molecule has 0 spiro atoms. The maximum absolute atomic E-state index is 11.8. The minimum absolute atomic E-state index is 0.106. The highest BCUT2D eigenvalue weighted by Gasteiger charge is 2.12. The molecule has 0 unspecified atom stereocenters. The van der Waals surface area contributed by atoms with Gasteiger partial charge in [0.2, 0.25) is 5.91 Å². The van der Waals surface area contributed by atoms with Gasteiger partial charge in [-0.3, -0.25) is 20.4 Å². The molecule has 0 aliphatic heterocycles. The minimum atomic E-state index is -0.291. The Morgan fingerprint density at radius 1 is 1.10 bits per heavy atom. The number of hydrogen-bond acceptors (Lipinski definition) is 3. The summed E-state index contributed by atoms with van der Waals surface area (Å²) in [6.45, 7) is 1.98. The highest BCUT2D eigenvalue weighted by molar-refractivity contribution is 7.12. The Bertz CT molecular complexity index is 567. The first-order valence-corrected chi connectivity index (χ1v) is 7.22. The van der Waals surface area contributed by atoms with Gasteiger partial charge in [-0.15, -0.1) is 11.3 Å². The van der Waals surface area contributed by atoms with Crippen LogP contribution in [0, 0.1) is 0 Å². The van der Waals surface area contributed by atoms with Crippen molar-refractivity contribution >= 4 is 23.2 Å². The molecule has 1 aromatic heterocycles. The lowest BCUT2D eigenvalue weighted by atomic mass is 9.98. The Hall–Kier alpha value is -2.14. The van der Waals surface area contributed by atoms with Crippen LogP contribution in [0.3, 0.4) is 0 Å². The van der Waals surface area contributed by atoms with Gasteiger partial charge in [-0.25, -0.2) is 0 Å². The standard InChI is InChI=1S/C15H16N2O2S/c1-11(12-6-3-2-4-7-12)10-14(18)16-17-15(19)13-8-5-9-20-13/h2-9,11H,10H2,1H3,(H,16,18)(H,17,19)/t11-/m0/s1. The molecule has 1 atom stereocenters. The fraction of sp³-hybridized carbons (Fsp3) is 0.200. The zero-order chi connectivity index (χ0) is 14.4. The highest BCUT2D eigenvalue weighted by Crippen LogP contribution is 2.17. The van der Waals surface area contributed by atoms with Crippen LogP contribution in [-0.4, -0.2) is 11.8 Å². The Balaban J connectivity index is 1.80. The molecule has 104 valence electrons. The summed E-state index contributed by atoms with van der Waals surface area (Å²) in [5.74, 6) is -0.387. The van der Waals surface area contributed by atoms with E-state index in [0.717, 1.165) is 5.56 Å². The van der Waals surface area contributed by atoms with Gasteiger partial charge < -0.3 is 0 Å². The average Bonchev–Trinajstić information content (AvgIpc) is 3.00. The Morgan fingerprint density at radius 3 is 2.50 bits per heavy atom. The fourth-order valence-electron chi connectivity index (χ4n) is 1.82. The van der Waals surface area contributed by atoms with Crippen LogP contribution in [0.4, 0.5) is 0 Å². The largest absolute Gasteiger partial charge is 0.279 e. The summed E-state index contributed by atoms with van der Waals surface area (Å²) in [6, 6.07) is 13.3. The van der Waals surface area contributed by atoms with Crippen molar-refractivity contribution in [2.75, 3.05) is 0 Å². The molecule has 1 heterocycles. The maximum Gasteiger partial charge on any atom is 0.279 e. The van der Waals surface area contributed by atoms with Crippen LogP contribution in [0.5, 0.6) is 0 Å². The molecule has 0 saturated heterocycles. The van der Waals surface area contributed by atoms with Gasteiger partial charge in [-0.2, -0.15) is 0 Å². The third kappa shape index (κ3) is 3.93. The second-order valence-corrected chi connectivity index (χ2v) is 5.44. The van der Waals surface area contributed by atoms with Gasteiger partial charge in [0, 0.05) is 6.42 Å². The first-order valence-electron chi connectivity index (χ1n) is 6.34. The van der Waals surface area contributed by atoms with E-state index < -0.39 is 0 Å². The van der Waals surface area contributed by atoms with Crippen molar-refractivity contribution in [2.24, 2.45) is 0 Å². The van der Waals surface area contributed by atoms with E-state index in [1.807, 2.05) is 42.6 Å². The smallest absolute Gasteiger partial charge is 0.273 e. The van der Waals surface area contributed by atoms with Gasteiger partial charge in [-0.05, 0) is 22.9 Å². The van der Waals surface area contributed by atoms with Crippen LogP contribution in [-0.2, 0) is 4.79 Å². The zero-order valence-electron chi connectivity index (χ0n) is 11.1. The summed E-state index contributed by atoms with van der Waals surface area (Å²) in [4.78, 5) is 24.0. The third-order valence-electron chi connectivity index (χ3n) is 2.92. The molecular formula is C15H16N2O2S. The van der Waals surface area contributed by atoms with Crippen LogP contribution >= 0.6 is 11.3 Å². The topological polar surface area (TPSA) is 58.2 Å². The minimum Gasteiger partial charge on any atom is -0.273 e. The normalized spacial score (nSPS) is 11.7. The van der Waals surface area contributed by atoms with Crippen LogP contribution in [0.2, 0.25) is 0 Å². The molecular weight excluding hydrogens is 272 g/mol. The molecule has 0 aliphatic carbocycles. The van der Waals surface area contributed by atoms with E-state index >= 15 is 0 Å². The van der Waals surface area contributed by atoms with Crippen LogP contribution in [0.15, 0.2) is 47.8 Å². The molecule has 0 saturated carbocycles. The molecule has 5 heteroatoms. The van der Waals surface area contributed by atoms with Crippen molar-refractivity contribution in [1.82, 2.24) is 10.9 Å². The molecule has 0 fully saturated rings. The fourth-order valence-corrected chi connectivity index (χ4v) is 2.44. The van der Waals surface area contributed by atoms with Crippen molar-refractivity contribution in [3.05, 3.63) is 58.3 Å². The van der Waals surface area contributed by atoms with Gasteiger partial charge in [0.25, 0.3) is 5.91 Å². The molecule has 2 amide bonds. The van der Waals surface area contributed by atoms with Crippen LogP contribution in [0.1, 0.15) is 34.5 Å². The Labute approximate surface area is 121 Å². The molecule has 2 N–H and O–H groups in total.